The van der Waals surface area contributed by atoms with Crippen LogP contribution in [0.25, 0.3) is 0 Å². The van der Waals surface area contributed by atoms with Crippen molar-refractivity contribution in [2.75, 3.05) is 12.4 Å². The van der Waals surface area contributed by atoms with Gasteiger partial charge < -0.3 is 15.0 Å². The Morgan fingerprint density at radius 2 is 1.62 bits per heavy atom. The Bertz CT molecular complexity index is 1170. The molecule has 2 amide bonds. The fraction of sp³-hybridized carbons (Fsp3) is 0.120. The Kier molecular flexibility index (Phi) is 6.99. The third-order valence-corrected chi connectivity index (χ3v) is 6.63. The van der Waals surface area contributed by atoms with Crippen molar-refractivity contribution in [2.45, 2.75) is 13.1 Å². The van der Waals surface area contributed by atoms with E-state index < -0.39 is 0 Å². The number of hydrogen-bond acceptors (Lipinski definition) is 5. The number of ether oxygens (including phenoxy) is 1. The van der Waals surface area contributed by atoms with Crippen molar-refractivity contribution < 1.29 is 14.3 Å². The van der Waals surface area contributed by atoms with Crippen molar-refractivity contribution in [3.05, 3.63) is 104 Å². The Labute approximate surface area is 194 Å². The fourth-order valence-corrected chi connectivity index (χ4v) is 4.65. The van der Waals surface area contributed by atoms with E-state index in [0.717, 1.165) is 16.2 Å². The Balaban J connectivity index is 1.52. The zero-order valence-corrected chi connectivity index (χ0v) is 19.1. The summed E-state index contributed by atoms with van der Waals surface area (Å²) in [6.45, 7) is 0.934. The molecule has 0 aliphatic carbocycles. The highest BCUT2D eigenvalue weighted by Crippen LogP contribution is 2.23. The van der Waals surface area contributed by atoms with Crippen LogP contribution in [0, 0.1) is 0 Å². The van der Waals surface area contributed by atoms with Crippen LogP contribution in [0.1, 0.15) is 30.5 Å². The lowest BCUT2D eigenvalue weighted by Gasteiger charge is -2.23. The number of nitrogens with one attached hydrogen (secondary N) is 1. The Hall–Kier alpha value is -3.42. The molecule has 0 saturated heterocycles. The van der Waals surface area contributed by atoms with E-state index in [-0.39, 0.29) is 11.8 Å². The number of carbonyl (C=O) groups is 2. The van der Waals surface area contributed by atoms with Crippen LogP contribution in [0.4, 0.5) is 5.69 Å². The summed E-state index contributed by atoms with van der Waals surface area (Å²) in [7, 11) is 1.63. The average molecular weight is 463 g/mol. The zero-order valence-electron chi connectivity index (χ0n) is 17.5. The van der Waals surface area contributed by atoms with Crippen molar-refractivity contribution in [3.8, 4) is 5.75 Å². The Morgan fingerprint density at radius 3 is 2.31 bits per heavy atom. The van der Waals surface area contributed by atoms with E-state index in [1.165, 1.54) is 11.3 Å². The quantitative estimate of drug-likeness (QED) is 0.354. The van der Waals surface area contributed by atoms with E-state index in [1.807, 2.05) is 58.1 Å². The van der Waals surface area contributed by atoms with Gasteiger partial charge in [-0.25, -0.2) is 0 Å². The van der Waals surface area contributed by atoms with Gasteiger partial charge >= 0.3 is 0 Å². The van der Waals surface area contributed by atoms with Crippen molar-refractivity contribution in [3.63, 3.8) is 0 Å². The number of methoxy groups -OCH3 is 1. The molecular formula is C25H22N2O3S2. The number of nitrogens with zero attached hydrogens (tertiary/aromatic N) is 1. The molecule has 2 aromatic carbocycles. The standard InChI is InChI=1S/C25H22N2O3S2/c1-30-22-8-3-2-6-19(22)16-27(17-21-7-4-14-31-21)25(29)18-10-12-20(13-11-18)26-24(28)23-9-5-15-32-23/h2-15H,16-17H2,1H3,(H,26,28). The van der Waals surface area contributed by atoms with E-state index in [9.17, 15) is 9.59 Å². The van der Waals surface area contributed by atoms with E-state index >= 15 is 0 Å². The molecule has 1 N–H and O–H groups in total. The molecule has 4 aromatic rings. The molecule has 0 atom stereocenters. The van der Waals surface area contributed by atoms with Crippen LogP contribution in [-0.2, 0) is 13.1 Å². The summed E-state index contributed by atoms with van der Waals surface area (Å²) in [5.74, 6) is 0.512. The average Bonchev–Trinajstić information content (AvgIpc) is 3.54. The van der Waals surface area contributed by atoms with Gasteiger partial charge in [0.25, 0.3) is 11.8 Å². The molecule has 2 heterocycles. The number of thiophene rings is 2. The molecule has 0 unspecified atom stereocenters. The third-order valence-electron chi connectivity index (χ3n) is 4.90. The highest BCUT2D eigenvalue weighted by atomic mass is 32.1. The maximum absolute atomic E-state index is 13.4. The molecule has 0 spiro atoms. The first-order valence-electron chi connectivity index (χ1n) is 10.0. The van der Waals surface area contributed by atoms with Crippen molar-refractivity contribution in [1.82, 2.24) is 4.90 Å². The third kappa shape index (κ3) is 5.25. The normalized spacial score (nSPS) is 10.5. The summed E-state index contributed by atoms with van der Waals surface area (Å²) < 4.78 is 5.48. The number of amides is 2. The van der Waals surface area contributed by atoms with Gasteiger partial charge in [-0.05, 0) is 53.2 Å². The molecule has 0 bridgehead atoms. The van der Waals surface area contributed by atoms with Crippen LogP contribution >= 0.6 is 22.7 Å². The van der Waals surface area contributed by atoms with Gasteiger partial charge in [0.15, 0.2) is 0 Å². The highest BCUT2D eigenvalue weighted by Gasteiger charge is 2.19. The summed E-state index contributed by atoms with van der Waals surface area (Å²) in [5.41, 5.74) is 2.15. The second-order valence-corrected chi connectivity index (χ2v) is 9.04. The fourth-order valence-electron chi connectivity index (χ4n) is 3.31. The van der Waals surface area contributed by atoms with Crippen LogP contribution in [-0.4, -0.2) is 23.8 Å². The van der Waals surface area contributed by atoms with Crippen molar-refractivity contribution >= 4 is 40.2 Å². The van der Waals surface area contributed by atoms with Crippen molar-refractivity contribution in [2.24, 2.45) is 0 Å². The monoisotopic (exact) mass is 462 g/mol. The van der Waals surface area contributed by atoms with Gasteiger partial charge in [0.05, 0.1) is 25.1 Å². The summed E-state index contributed by atoms with van der Waals surface area (Å²) >= 11 is 3.01. The predicted molar refractivity (Wildman–Crippen MR) is 130 cm³/mol. The lowest BCUT2D eigenvalue weighted by atomic mass is 10.1. The smallest absolute Gasteiger partial charge is 0.265 e. The lowest BCUT2D eigenvalue weighted by Crippen LogP contribution is -2.30. The van der Waals surface area contributed by atoms with E-state index in [1.54, 1.807) is 48.8 Å². The number of para-hydroxylation sites is 1. The van der Waals surface area contributed by atoms with Gasteiger partial charge in [-0.1, -0.05) is 30.3 Å². The minimum atomic E-state index is -0.158. The van der Waals surface area contributed by atoms with Gasteiger partial charge in [-0.2, -0.15) is 0 Å². The van der Waals surface area contributed by atoms with Gasteiger partial charge in [0.2, 0.25) is 0 Å². The topological polar surface area (TPSA) is 58.6 Å². The predicted octanol–water partition coefficient (Wildman–Crippen LogP) is 5.91. The SMILES string of the molecule is COc1ccccc1CN(Cc1cccs1)C(=O)c1ccc(NC(=O)c2cccs2)cc1. The maximum Gasteiger partial charge on any atom is 0.265 e. The summed E-state index contributed by atoms with van der Waals surface area (Å²) in [4.78, 5) is 29.2. The van der Waals surface area contributed by atoms with Gasteiger partial charge in [0, 0.05) is 21.7 Å². The highest BCUT2D eigenvalue weighted by molar-refractivity contribution is 7.12. The van der Waals surface area contributed by atoms with Gasteiger partial charge in [0.1, 0.15) is 5.75 Å². The number of hydrogen-bond donors (Lipinski definition) is 1. The zero-order chi connectivity index (χ0) is 22.3. The van der Waals surface area contributed by atoms with Crippen LogP contribution in [0.3, 0.4) is 0 Å². The molecule has 162 valence electrons. The molecule has 0 fully saturated rings. The van der Waals surface area contributed by atoms with Crippen LogP contribution in [0.5, 0.6) is 5.75 Å². The lowest BCUT2D eigenvalue weighted by molar-refractivity contribution is 0.0730. The molecule has 0 radical (unpaired) electrons. The largest absolute Gasteiger partial charge is 0.496 e. The minimum absolute atomic E-state index is 0.0829. The first-order valence-corrected chi connectivity index (χ1v) is 11.8. The molecule has 2 aromatic heterocycles. The first kappa shape index (κ1) is 21.8. The van der Waals surface area contributed by atoms with Gasteiger partial charge in [-0.15, -0.1) is 22.7 Å². The molecule has 0 aliphatic rings. The van der Waals surface area contributed by atoms with E-state index in [0.29, 0.717) is 29.2 Å². The van der Waals surface area contributed by atoms with Crippen LogP contribution in [0.2, 0.25) is 0 Å². The number of rotatable bonds is 8. The number of anilines is 1. The molecule has 0 aliphatic heterocycles. The maximum atomic E-state index is 13.4. The van der Waals surface area contributed by atoms with E-state index in [2.05, 4.69) is 5.32 Å². The minimum Gasteiger partial charge on any atom is -0.496 e. The first-order chi connectivity index (χ1) is 15.6. The summed E-state index contributed by atoms with van der Waals surface area (Å²) in [6, 6.07) is 22.3. The number of carbonyl (C=O) groups excluding carboxylic acids is 2. The molecule has 7 heteroatoms. The molecule has 5 nitrogen and oxygen atoms in total. The second kappa shape index (κ2) is 10.3. The molecular weight excluding hydrogens is 440 g/mol. The van der Waals surface area contributed by atoms with E-state index in [4.69, 9.17) is 4.74 Å². The summed E-state index contributed by atoms with van der Waals surface area (Å²) in [6.07, 6.45) is 0. The van der Waals surface area contributed by atoms with Crippen molar-refractivity contribution in [1.29, 1.82) is 0 Å². The number of benzene rings is 2. The van der Waals surface area contributed by atoms with Crippen LogP contribution in [0.15, 0.2) is 83.6 Å². The van der Waals surface area contributed by atoms with Crippen LogP contribution < -0.4 is 10.1 Å². The molecule has 4 rings (SSSR count). The molecule has 32 heavy (non-hydrogen) atoms. The summed E-state index contributed by atoms with van der Waals surface area (Å²) in [5, 5.41) is 6.73. The van der Waals surface area contributed by atoms with Gasteiger partial charge in [-0.3, -0.25) is 9.59 Å². The Morgan fingerprint density at radius 1 is 0.875 bits per heavy atom. The second-order valence-electron chi connectivity index (χ2n) is 7.06. The molecule has 0 saturated carbocycles.